The fourth-order valence-corrected chi connectivity index (χ4v) is 1.36. The van der Waals surface area contributed by atoms with Gasteiger partial charge in [-0.15, -0.1) is 0 Å². The second kappa shape index (κ2) is 7.41. The molecule has 0 aromatic heterocycles. The minimum Gasteiger partial charge on any atom is -0.349 e. The lowest BCUT2D eigenvalue weighted by atomic mass is 10.2. The van der Waals surface area contributed by atoms with Crippen LogP contribution in [-0.4, -0.2) is 25.1 Å². The van der Waals surface area contributed by atoms with Gasteiger partial charge in [0.15, 0.2) is 6.17 Å². The highest BCUT2D eigenvalue weighted by atomic mass is 16.6. The molecular weight excluding hydrogens is 234 g/mol. The summed E-state index contributed by atoms with van der Waals surface area (Å²) in [4.78, 5) is 27.3. The van der Waals surface area contributed by atoms with Gasteiger partial charge in [0.25, 0.3) is 5.91 Å². The van der Waals surface area contributed by atoms with Crippen molar-refractivity contribution in [1.82, 2.24) is 16.1 Å². The van der Waals surface area contributed by atoms with Gasteiger partial charge in [-0.25, -0.2) is 0 Å². The number of amides is 2. The zero-order chi connectivity index (χ0) is 13.4. The molecule has 1 aromatic rings. The summed E-state index contributed by atoms with van der Waals surface area (Å²) in [5, 5.41) is 5.12. The summed E-state index contributed by atoms with van der Waals surface area (Å²) in [7, 11) is 1.37. The molecule has 1 rings (SSSR count). The second-order valence-corrected chi connectivity index (χ2v) is 3.66. The smallest absolute Gasteiger partial charge is 0.259 e. The van der Waals surface area contributed by atoms with Crippen molar-refractivity contribution >= 4 is 11.8 Å². The molecule has 6 heteroatoms. The summed E-state index contributed by atoms with van der Waals surface area (Å²) in [5.41, 5.74) is 3.38. The number of carbonyl (C=O) groups is 2. The number of hydroxylamine groups is 1. The van der Waals surface area contributed by atoms with Crippen molar-refractivity contribution in [2.24, 2.45) is 0 Å². The lowest BCUT2D eigenvalue weighted by Gasteiger charge is -2.17. The number of nitrogens with one attached hydrogen (secondary N) is 3. The predicted octanol–water partition coefficient (Wildman–Crippen LogP) is -0.0840. The van der Waals surface area contributed by atoms with E-state index >= 15 is 0 Å². The third-order valence-corrected chi connectivity index (χ3v) is 2.16. The van der Waals surface area contributed by atoms with Gasteiger partial charge in [0.1, 0.15) is 0 Å². The quantitative estimate of drug-likeness (QED) is 0.488. The molecule has 2 amide bonds. The van der Waals surface area contributed by atoms with Crippen molar-refractivity contribution in [1.29, 1.82) is 0 Å². The molecule has 0 fully saturated rings. The highest BCUT2D eigenvalue weighted by Crippen LogP contribution is 1.97. The first-order valence-electron chi connectivity index (χ1n) is 5.50. The van der Waals surface area contributed by atoms with Gasteiger partial charge in [-0.2, -0.15) is 5.48 Å². The predicted molar refractivity (Wildman–Crippen MR) is 66.0 cm³/mol. The highest BCUT2D eigenvalue weighted by Gasteiger charge is 2.18. The normalized spacial score (nSPS) is 11.7. The van der Waals surface area contributed by atoms with E-state index in [-0.39, 0.29) is 11.8 Å². The largest absolute Gasteiger partial charge is 0.349 e. The van der Waals surface area contributed by atoms with Crippen LogP contribution in [-0.2, 0) is 21.0 Å². The SMILES string of the molecule is CON[C@H](NC(C)=O)C(=O)NCc1ccccc1. The third kappa shape index (κ3) is 4.94. The number of rotatable bonds is 6. The average molecular weight is 251 g/mol. The van der Waals surface area contributed by atoms with Gasteiger partial charge in [0.05, 0.1) is 7.11 Å². The summed E-state index contributed by atoms with van der Waals surface area (Å²) in [5.74, 6) is -0.685. The van der Waals surface area contributed by atoms with Crippen molar-refractivity contribution in [2.45, 2.75) is 19.6 Å². The Morgan fingerprint density at radius 1 is 1.28 bits per heavy atom. The first-order valence-corrected chi connectivity index (χ1v) is 5.50. The molecule has 0 radical (unpaired) electrons. The van der Waals surface area contributed by atoms with Crippen LogP contribution in [0.5, 0.6) is 0 Å². The van der Waals surface area contributed by atoms with Crippen molar-refractivity contribution < 1.29 is 14.4 Å². The molecular formula is C12H17N3O3. The maximum atomic E-state index is 11.8. The van der Waals surface area contributed by atoms with E-state index < -0.39 is 6.17 Å². The Bertz CT molecular complexity index is 395. The number of hydrogen-bond acceptors (Lipinski definition) is 4. The first-order chi connectivity index (χ1) is 8.63. The summed E-state index contributed by atoms with van der Waals surface area (Å²) < 4.78 is 0. The van der Waals surface area contributed by atoms with Crippen LogP contribution in [0.15, 0.2) is 30.3 Å². The molecule has 0 heterocycles. The lowest BCUT2D eigenvalue weighted by molar-refractivity contribution is -0.133. The van der Waals surface area contributed by atoms with Crippen molar-refractivity contribution in [2.75, 3.05) is 7.11 Å². The Kier molecular flexibility index (Phi) is 5.83. The zero-order valence-electron chi connectivity index (χ0n) is 10.4. The first kappa shape index (κ1) is 14.1. The van der Waals surface area contributed by atoms with Gasteiger partial charge in [-0.05, 0) is 5.56 Å². The molecule has 1 aromatic carbocycles. The van der Waals surface area contributed by atoms with Crippen LogP contribution in [0.4, 0.5) is 0 Å². The highest BCUT2D eigenvalue weighted by molar-refractivity contribution is 5.86. The van der Waals surface area contributed by atoms with Gasteiger partial charge in [-0.3, -0.25) is 9.59 Å². The van der Waals surface area contributed by atoms with Crippen LogP contribution in [0.3, 0.4) is 0 Å². The van der Waals surface area contributed by atoms with Gasteiger partial charge in [0, 0.05) is 13.5 Å². The minimum atomic E-state index is -0.906. The molecule has 0 spiro atoms. The van der Waals surface area contributed by atoms with E-state index in [1.54, 1.807) is 0 Å². The van der Waals surface area contributed by atoms with Crippen LogP contribution in [0.25, 0.3) is 0 Å². The molecule has 3 N–H and O–H groups in total. The van der Waals surface area contributed by atoms with Gasteiger partial charge in [-0.1, -0.05) is 30.3 Å². The Hall–Kier alpha value is -1.92. The van der Waals surface area contributed by atoms with Crippen molar-refractivity contribution in [3.8, 4) is 0 Å². The molecule has 0 aliphatic heterocycles. The van der Waals surface area contributed by atoms with Gasteiger partial charge >= 0.3 is 0 Å². The summed E-state index contributed by atoms with van der Waals surface area (Å²) >= 11 is 0. The number of benzene rings is 1. The zero-order valence-corrected chi connectivity index (χ0v) is 10.4. The molecule has 0 saturated heterocycles. The maximum Gasteiger partial charge on any atom is 0.259 e. The van der Waals surface area contributed by atoms with Crippen molar-refractivity contribution in [3.63, 3.8) is 0 Å². The van der Waals surface area contributed by atoms with Gasteiger partial charge in [0.2, 0.25) is 5.91 Å². The average Bonchev–Trinajstić information content (AvgIpc) is 2.36. The monoisotopic (exact) mass is 251 g/mol. The molecule has 1 atom stereocenters. The Morgan fingerprint density at radius 3 is 2.50 bits per heavy atom. The Morgan fingerprint density at radius 2 is 1.94 bits per heavy atom. The lowest BCUT2D eigenvalue weighted by Crippen LogP contribution is -2.54. The van der Waals surface area contributed by atoms with Crippen LogP contribution in [0.2, 0.25) is 0 Å². The topological polar surface area (TPSA) is 79.5 Å². The van der Waals surface area contributed by atoms with E-state index in [9.17, 15) is 9.59 Å². The molecule has 0 unspecified atom stereocenters. The summed E-state index contributed by atoms with van der Waals surface area (Å²) in [6.45, 7) is 1.72. The second-order valence-electron chi connectivity index (χ2n) is 3.66. The van der Waals surface area contributed by atoms with Crippen LogP contribution in [0.1, 0.15) is 12.5 Å². The molecule has 0 saturated carbocycles. The van der Waals surface area contributed by atoms with E-state index in [1.165, 1.54) is 14.0 Å². The molecule has 18 heavy (non-hydrogen) atoms. The number of hydrogen-bond donors (Lipinski definition) is 3. The standard InChI is InChI=1S/C12H17N3O3/c1-9(16)14-11(15-18-2)12(17)13-8-10-6-4-3-5-7-10/h3-7,11,15H,8H2,1-2H3,(H,13,17)(H,14,16)/t11-/m0/s1. The van der Waals surface area contributed by atoms with E-state index in [0.717, 1.165) is 5.56 Å². The van der Waals surface area contributed by atoms with Gasteiger partial charge < -0.3 is 15.5 Å². The molecule has 6 nitrogen and oxygen atoms in total. The van der Waals surface area contributed by atoms with Crippen LogP contribution >= 0.6 is 0 Å². The number of carbonyl (C=O) groups excluding carboxylic acids is 2. The summed E-state index contributed by atoms with van der Waals surface area (Å²) in [6, 6.07) is 9.48. The minimum absolute atomic E-state index is 0.320. The van der Waals surface area contributed by atoms with E-state index in [0.29, 0.717) is 6.54 Å². The Labute approximate surface area is 106 Å². The molecule has 98 valence electrons. The van der Waals surface area contributed by atoms with E-state index in [2.05, 4.69) is 21.0 Å². The summed E-state index contributed by atoms with van der Waals surface area (Å²) in [6.07, 6.45) is -0.906. The Balaban J connectivity index is 2.48. The van der Waals surface area contributed by atoms with Crippen LogP contribution < -0.4 is 16.1 Å². The van der Waals surface area contributed by atoms with E-state index in [4.69, 9.17) is 0 Å². The molecule has 0 bridgehead atoms. The fourth-order valence-electron chi connectivity index (χ4n) is 1.36. The fraction of sp³-hybridized carbons (Fsp3) is 0.333. The third-order valence-electron chi connectivity index (χ3n) is 2.16. The van der Waals surface area contributed by atoms with Crippen LogP contribution in [0, 0.1) is 0 Å². The molecule has 0 aliphatic carbocycles. The molecule has 0 aliphatic rings. The van der Waals surface area contributed by atoms with Crippen molar-refractivity contribution in [3.05, 3.63) is 35.9 Å². The maximum absolute atomic E-state index is 11.8. The van der Waals surface area contributed by atoms with E-state index in [1.807, 2.05) is 30.3 Å².